The number of aromatic nitrogens is 2. The van der Waals surface area contributed by atoms with Gasteiger partial charge in [0.25, 0.3) is 5.91 Å². The van der Waals surface area contributed by atoms with Gasteiger partial charge in [-0.1, -0.05) is 17.9 Å². The number of halogens is 4. The third-order valence-electron chi connectivity index (χ3n) is 3.96. The molecule has 3 rings (SSSR count). The zero-order valence-electron chi connectivity index (χ0n) is 15.3. The van der Waals surface area contributed by atoms with Crippen molar-refractivity contribution < 1.29 is 22.4 Å². The van der Waals surface area contributed by atoms with Gasteiger partial charge in [-0.3, -0.25) is 4.79 Å². The van der Waals surface area contributed by atoms with Crippen LogP contribution in [0.3, 0.4) is 0 Å². The monoisotopic (exact) mass is 414 g/mol. The molecule has 0 aliphatic rings. The molecule has 3 N–H and O–H groups in total. The first kappa shape index (κ1) is 20.8. The van der Waals surface area contributed by atoms with Gasteiger partial charge in [0.05, 0.1) is 11.1 Å². The van der Waals surface area contributed by atoms with Crippen molar-refractivity contribution in [1.82, 2.24) is 15.3 Å². The number of amides is 1. The van der Waals surface area contributed by atoms with Gasteiger partial charge in [-0.25, -0.2) is 14.4 Å². The van der Waals surface area contributed by atoms with Gasteiger partial charge in [-0.05, 0) is 36.4 Å². The van der Waals surface area contributed by atoms with Crippen LogP contribution in [0.15, 0.2) is 54.9 Å². The summed E-state index contributed by atoms with van der Waals surface area (Å²) in [7, 11) is 0. The van der Waals surface area contributed by atoms with Crippen molar-refractivity contribution in [2.75, 3.05) is 5.73 Å². The van der Waals surface area contributed by atoms with Gasteiger partial charge >= 0.3 is 6.18 Å². The van der Waals surface area contributed by atoms with E-state index in [1.54, 1.807) is 12.1 Å². The van der Waals surface area contributed by atoms with Crippen LogP contribution in [0.2, 0.25) is 0 Å². The highest BCUT2D eigenvalue weighted by Crippen LogP contribution is 2.30. The minimum absolute atomic E-state index is 0.122. The third-order valence-corrected chi connectivity index (χ3v) is 3.96. The molecule has 0 unspecified atom stereocenters. The van der Waals surface area contributed by atoms with Gasteiger partial charge in [0, 0.05) is 35.6 Å². The predicted octanol–water partition coefficient (Wildman–Crippen LogP) is 3.55. The number of benzene rings is 2. The first-order valence-corrected chi connectivity index (χ1v) is 8.56. The van der Waals surface area contributed by atoms with Gasteiger partial charge < -0.3 is 11.1 Å². The van der Waals surface area contributed by atoms with Gasteiger partial charge in [0.15, 0.2) is 0 Å². The maximum absolute atomic E-state index is 13.8. The van der Waals surface area contributed by atoms with Crippen LogP contribution in [0.25, 0.3) is 0 Å². The van der Waals surface area contributed by atoms with Crippen molar-refractivity contribution in [2.24, 2.45) is 0 Å². The highest BCUT2D eigenvalue weighted by Gasteiger charge is 2.31. The van der Waals surface area contributed by atoms with Crippen LogP contribution < -0.4 is 11.1 Å². The standard InChI is InChI=1S/C21H14F4N4O/c22-18-7-6-17(21(23,24)25)9-16(18)12-27-19(30)15-3-1-2-13(8-15)4-5-14-10-28-20(26)29-11-14/h1-3,6-11H,12H2,(H,27,30)(H2,26,28,29). The molecule has 0 saturated heterocycles. The third kappa shape index (κ3) is 5.32. The number of nitrogen functional groups attached to an aromatic ring is 1. The van der Waals surface area contributed by atoms with Crippen LogP contribution in [0.4, 0.5) is 23.5 Å². The van der Waals surface area contributed by atoms with Crippen LogP contribution >= 0.6 is 0 Å². The van der Waals surface area contributed by atoms with Gasteiger partial charge in [-0.2, -0.15) is 13.2 Å². The molecule has 0 saturated carbocycles. The Labute approximate surface area is 169 Å². The number of alkyl halides is 3. The van der Waals surface area contributed by atoms with Crippen molar-refractivity contribution in [3.05, 3.63) is 88.5 Å². The zero-order chi connectivity index (χ0) is 21.7. The number of nitrogens with zero attached hydrogens (tertiary/aromatic N) is 2. The van der Waals surface area contributed by atoms with E-state index in [2.05, 4.69) is 27.1 Å². The molecule has 2 aromatic carbocycles. The second kappa shape index (κ2) is 8.61. The summed E-state index contributed by atoms with van der Waals surface area (Å²) in [6, 6.07) is 8.33. The summed E-state index contributed by atoms with van der Waals surface area (Å²) in [5, 5.41) is 2.41. The van der Waals surface area contributed by atoms with Crippen LogP contribution in [0.5, 0.6) is 0 Å². The Morgan fingerprint density at radius 2 is 1.73 bits per heavy atom. The van der Waals surface area contributed by atoms with E-state index in [0.717, 1.165) is 6.07 Å². The van der Waals surface area contributed by atoms with Crippen molar-refractivity contribution >= 4 is 11.9 Å². The van der Waals surface area contributed by atoms with E-state index in [-0.39, 0.29) is 17.1 Å². The number of rotatable bonds is 3. The lowest BCUT2D eigenvalue weighted by atomic mass is 10.1. The second-order valence-corrected chi connectivity index (χ2v) is 6.15. The van der Waals surface area contributed by atoms with Crippen molar-refractivity contribution in [3.8, 4) is 11.8 Å². The summed E-state index contributed by atoms with van der Waals surface area (Å²) in [5.74, 6) is 4.37. The highest BCUT2D eigenvalue weighted by molar-refractivity contribution is 5.94. The van der Waals surface area contributed by atoms with E-state index in [9.17, 15) is 22.4 Å². The fourth-order valence-corrected chi connectivity index (χ4v) is 2.45. The first-order valence-electron chi connectivity index (χ1n) is 8.56. The Bertz CT molecular complexity index is 1130. The molecule has 152 valence electrons. The molecule has 0 aliphatic carbocycles. The molecule has 0 spiro atoms. The Balaban J connectivity index is 1.71. The molecule has 0 bridgehead atoms. The molecule has 1 amide bonds. The van der Waals surface area contributed by atoms with E-state index < -0.39 is 30.0 Å². The molecular formula is C21H14F4N4O. The molecule has 0 atom stereocenters. The molecule has 0 aliphatic heterocycles. The minimum atomic E-state index is -4.60. The van der Waals surface area contributed by atoms with Crippen molar-refractivity contribution in [3.63, 3.8) is 0 Å². The number of hydrogen-bond donors (Lipinski definition) is 2. The molecule has 9 heteroatoms. The fourth-order valence-electron chi connectivity index (χ4n) is 2.45. The Morgan fingerprint density at radius 3 is 2.43 bits per heavy atom. The van der Waals surface area contributed by atoms with E-state index in [4.69, 9.17) is 5.73 Å². The van der Waals surface area contributed by atoms with Crippen LogP contribution in [-0.4, -0.2) is 15.9 Å². The largest absolute Gasteiger partial charge is 0.416 e. The maximum atomic E-state index is 13.8. The lowest BCUT2D eigenvalue weighted by Crippen LogP contribution is -2.23. The van der Waals surface area contributed by atoms with Gasteiger partial charge in [0.2, 0.25) is 5.95 Å². The van der Waals surface area contributed by atoms with Crippen molar-refractivity contribution in [2.45, 2.75) is 12.7 Å². The second-order valence-electron chi connectivity index (χ2n) is 6.15. The zero-order valence-corrected chi connectivity index (χ0v) is 15.3. The van der Waals surface area contributed by atoms with Crippen LogP contribution in [0, 0.1) is 17.7 Å². The molecule has 0 radical (unpaired) electrons. The fraction of sp³-hybridized carbons (Fsp3) is 0.0952. The lowest BCUT2D eigenvalue weighted by molar-refractivity contribution is -0.137. The number of nitrogens with two attached hydrogens (primary N) is 1. The maximum Gasteiger partial charge on any atom is 0.416 e. The van der Waals surface area contributed by atoms with Crippen LogP contribution in [-0.2, 0) is 12.7 Å². The number of carbonyl (C=O) groups excluding carboxylic acids is 1. The number of carbonyl (C=O) groups is 1. The minimum Gasteiger partial charge on any atom is -0.368 e. The molecule has 1 aromatic heterocycles. The van der Waals surface area contributed by atoms with Gasteiger partial charge in [-0.15, -0.1) is 0 Å². The van der Waals surface area contributed by atoms with E-state index >= 15 is 0 Å². The summed E-state index contributed by atoms with van der Waals surface area (Å²) in [5.41, 5.74) is 5.42. The summed E-state index contributed by atoms with van der Waals surface area (Å²) in [6.45, 7) is -0.396. The van der Waals surface area contributed by atoms with E-state index in [1.165, 1.54) is 24.5 Å². The summed E-state index contributed by atoms with van der Waals surface area (Å²) in [6.07, 6.45) is -1.69. The SMILES string of the molecule is Nc1ncc(C#Cc2cccc(C(=O)NCc3cc(C(F)(F)F)ccc3F)c2)cn1. The Kier molecular flexibility index (Phi) is 5.97. The number of anilines is 1. The summed E-state index contributed by atoms with van der Waals surface area (Å²) in [4.78, 5) is 20.0. The molecule has 30 heavy (non-hydrogen) atoms. The molecule has 0 fully saturated rings. The normalized spacial score (nSPS) is 10.8. The molecular weight excluding hydrogens is 400 g/mol. The molecule has 3 aromatic rings. The number of nitrogens with one attached hydrogen (secondary N) is 1. The van der Waals surface area contributed by atoms with Crippen molar-refractivity contribution in [1.29, 1.82) is 0 Å². The summed E-state index contributed by atoms with van der Waals surface area (Å²) >= 11 is 0. The average Bonchev–Trinajstić information content (AvgIpc) is 2.72. The lowest BCUT2D eigenvalue weighted by Gasteiger charge is -2.11. The highest BCUT2D eigenvalue weighted by atomic mass is 19.4. The smallest absolute Gasteiger partial charge is 0.368 e. The van der Waals surface area contributed by atoms with E-state index in [0.29, 0.717) is 23.3 Å². The predicted molar refractivity (Wildman–Crippen MR) is 101 cm³/mol. The quantitative estimate of drug-likeness (QED) is 0.508. The van der Waals surface area contributed by atoms with Gasteiger partial charge in [0.1, 0.15) is 5.82 Å². The van der Waals surface area contributed by atoms with Crippen LogP contribution in [0.1, 0.15) is 32.6 Å². The Hall–Kier alpha value is -3.93. The number of hydrogen-bond acceptors (Lipinski definition) is 4. The van der Waals surface area contributed by atoms with E-state index in [1.807, 2.05) is 0 Å². The molecule has 5 nitrogen and oxygen atoms in total. The topological polar surface area (TPSA) is 80.9 Å². The summed E-state index contributed by atoms with van der Waals surface area (Å²) < 4.78 is 52.2. The average molecular weight is 414 g/mol. The first-order chi connectivity index (χ1) is 14.2. The molecule has 1 heterocycles. The Morgan fingerprint density at radius 1 is 1.03 bits per heavy atom.